The molecule has 1 aromatic carbocycles. The van der Waals surface area contributed by atoms with E-state index >= 15 is 0 Å². The standard InChI is InChI=1S/C16H23NO3S/c1-11-5-4-6-13(7-11)9-14(16(19)20)10-17-15(18)8-12(2)21-3/h4-7,12,14H,8-10H2,1-3H3,(H,17,18)(H,19,20). The van der Waals surface area contributed by atoms with Gasteiger partial charge >= 0.3 is 5.97 Å². The van der Waals surface area contributed by atoms with Crippen LogP contribution in [-0.2, 0) is 16.0 Å². The van der Waals surface area contributed by atoms with E-state index in [2.05, 4.69) is 5.32 Å². The van der Waals surface area contributed by atoms with Crippen molar-refractivity contribution in [3.05, 3.63) is 35.4 Å². The van der Waals surface area contributed by atoms with Crippen molar-refractivity contribution in [1.29, 1.82) is 0 Å². The number of thioether (sulfide) groups is 1. The minimum absolute atomic E-state index is 0.0904. The summed E-state index contributed by atoms with van der Waals surface area (Å²) in [5.41, 5.74) is 2.09. The van der Waals surface area contributed by atoms with Gasteiger partial charge in [-0.1, -0.05) is 36.8 Å². The molecular formula is C16H23NO3S. The topological polar surface area (TPSA) is 66.4 Å². The van der Waals surface area contributed by atoms with E-state index in [1.54, 1.807) is 11.8 Å². The van der Waals surface area contributed by atoms with Crippen LogP contribution in [0.4, 0.5) is 0 Å². The summed E-state index contributed by atoms with van der Waals surface area (Å²) in [5, 5.41) is 12.3. The summed E-state index contributed by atoms with van der Waals surface area (Å²) >= 11 is 1.62. The van der Waals surface area contributed by atoms with Crippen LogP contribution in [0.3, 0.4) is 0 Å². The van der Waals surface area contributed by atoms with Crippen molar-refractivity contribution in [2.24, 2.45) is 5.92 Å². The van der Waals surface area contributed by atoms with Gasteiger partial charge in [0.05, 0.1) is 5.92 Å². The van der Waals surface area contributed by atoms with Gasteiger partial charge < -0.3 is 10.4 Å². The second-order valence-electron chi connectivity index (χ2n) is 5.28. The van der Waals surface area contributed by atoms with E-state index < -0.39 is 11.9 Å². The average Bonchev–Trinajstić information content (AvgIpc) is 2.43. The fourth-order valence-electron chi connectivity index (χ4n) is 2.02. The number of carboxylic acid groups (broad SMARTS) is 1. The molecule has 0 spiro atoms. The van der Waals surface area contributed by atoms with E-state index in [1.807, 2.05) is 44.4 Å². The maximum atomic E-state index is 11.7. The van der Waals surface area contributed by atoms with Crippen molar-refractivity contribution < 1.29 is 14.7 Å². The van der Waals surface area contributed by atoms with Gasteiger partial charge in [0.2, 0.25) is 5.91 Å². The molecule has 0 aliphatic carbocycles. The fourth-order valence-corrected chi connectivity index (χ4v) is 2.34. The molecule has 0 heterocycles. The molecule has 4 nitrogen and oxygen atoms in total. The first-order chi connectivity index (χ1) is 9.92. The molecule has 2 unspecified atom stereocenters. The van der Waals surface area contributed by atoms with Gasteiger partial charge in [-0.05, 0) is 25.2 Å². The molecule has 2 N–H and O–H groups in total. The number of carboxylic acids is 1. The SMILES string of the molecule is CSC(C)CC(=O)NCC(Cc1cccc(C)c1)C(=O)O. The Kier molecular flexibility index (Phi) is 7.29. The first-order valence-corrected chi connectivity index (χ1v) is 8.29. The van der Waals surface area contributed by atoms with Gasteiger partial charge in [-0.2, -0.15) is 11.8 Å². The highest BCUT2D eigenvalue weighted by molar-refractivity contribution is 7.99. The molecule has 0 radical (unpaired) electrons. The van der Waals surface area contributed by atoms with Crippen LogP contribution in [0.25, 0.3) is 0 Å². The summed E-state index contributed by atoms with van der Waals surface area (Å²) in [4.78, 5) is 23.1. The van der Waals surface area contributed by atoms with Crippen LogP contribution in [0, 0.1) is 12.8 Å². The maximum Gasteiger partial charge on any atom is 0.308 e. The van der Waals surface area contributed by atoms with Gasteiger partial charge in [0.25, 0.3) is 0 Å². The molecule has 116 valence electrons. The zero-order valence-electron chi connectivity index (χ0n) is 12.8. The van der Waals surface area contributed by atoms with Crippen LogP contribution >= 0.6 is 11.8 Å². The number of rotatable bonds is 8. The number of nitrogens with one attached hydrogen (secondary N) is 1. The zero-order valence-corrected chi connectivity index (χ0v) is 13.6. The third-order valence-corrected chi connectivity index (χ3v) is 4.31. The molecule has 0 fully saturated rings. The molecule has 0 aliphatic heterocycles. The lowest BCUT2D eigenvalue weighted by Crippen LogP contribution is -2.35. The Morgan fingerprint density at radius 3 is 2.67 bits per heavy atom. The summed E-state index contributed by atoms with van der Waals surface area (Å²) in [6, 6.07) is 7.79. The van der Waals surface area contributed by atoms with Crippen LogP contribution in [0.2, 0.25) is 0 Å². The zero-order chi connectivity index (χ0) is 15.8. The van der Waals surface area contributed by atoms with Gasteiger partial charge in [0.1, 0.15) is 0 Å². The molecule has 0 saturated carbocycles. The van der Waals surface area contributed by atoms with Crippen LogP contribution in [0.5, 0.6) is 0 Å². The predicted molar refractivity (Wildman–Crippen MR) is 86.6 cm³/mol. The molecule has 2 atom stereocenters. The Morgan fingerprint density at radius 1 is 1.38 bits per heavy atom. The number of carbonyl (C=O) groups excluding carboxylic acids is 1. The predicted octanol–water partition coefficient (Wildman–Crippen LogP) is 2.50. The van der Waals surface area contributed by atoms with Crippen molar-refractivity contribution in [2.75, 3.05) is 12.8 Å². The Balaban J connectivity index is 2.54. The number of aryl methyl sites for hydroxylation is 1. The summed E-state index contributed by atoms with van der Waals surface area (Å²) in [6.07, 6.45) is 2.79. The molecule has 0 aliphatic rings. The van der Waals surface area contributed by atoms with Gasteiger partial charge in [0.15, 0.2) is 0 Å². The first-order valence-electron chi connectivity index (χ1n) is 7.00. The third-order valence-electron chi connectivity index (χ3n) is 3.33. The number of aliphatic carboxylic acids is 1. The maximum absolute atomic E-state index is 11.7. The van der Waals surface area contributed by atoms with Crippen molar-refractivity contribution in [2.45, 2.75) is 31.9 Å². The Hall–Kier alpha value is -1.49. The van der Waals surface area contributed by atoms with Crippen LogP contribution in [-0.4, -0.2) is 35.0 Å². The monoisotopic (exact) mass is 309 g/mol. The molecule has 0 bridgehead atoms. The second kappa shape index (κ2) is 8.72. The average molecular weight is 309 g/mol. The third kappa shape index (κ3) is 6.67. The minimum Gasteiger partial charge on any atom is -0.481 e. The number of benzene rings is 1. The summed E-state index contributed by atoms with van der Waals surface area (Å²) in [5.74, 6) is -1.57. The Bertz CT molecular complexity index is 490. The van der Waals surface area contributed by atoms with Gasteiger partial charge in [-0.25, -0.2) is 0 Å². The first kappa shape index (κ1) is 17.6. The normalized spacial score (nSPS) is 13.5. The Morgan fingerprint density at radius 2 is 2.10 bits per heavy atom. The van der Waals surface area contributed by atoms with E-state index in [0.717, 1.165) is 11.1 Å². The molecule has 5 heteroatoms. The van der Waals surface area contributed by atoms with Crippen molar-refractivity contribution in [3.8, 4) is 0 Å². The summed E-state index contributed by atoms with van der Waals surface area (Å²) in [7, 11) is 0. The second-order valence-corrected chi connectivity index (χ2v) is 6.56. The molecule has 1 amide bonds. The van der Waals surface area contributed by atoms with E-state index in [-0.39, 0.29) is 17.7 Å². The lowest BCUT2D eigenvalue weighted by molar-refractivity contribution is -0.141. The van der Waals surface area contributed by atoms with Gasteiger partial charge in [-0.3, -0.25) is 9.59 Å². The molecule has 1 aromatic rings. The Labute approximate surface area is 130 Å². The van der Waals surface area contributed by atoms with Gasteiger partial charge in [-0.15, -0.1) is 0 Å². The minimum atomic E-state index is -0.880. The number of hydrogen-bond acceptors (Lipinski definition) is 3. The van der Waals surface area contributed by atoms with Crippen LogP contribution in [0.15, 0.2) is 24.3 Å². The molecule has 1 rings (SSSR count). The quantitative estimate of drug-likeness (QED) is 0.774. The van der Waals surface area contributed by atoms with Crippen LogP contribution in [0.1, 0.15) is 24.5 Å². The van der Waals surface area contributed by atoms with Crippen molar-refractivity contribution in [3.63, 3.8) is 0 Å². The highest BCUT2D eigenvalue weighted by atomic mass is 32.2. The highest BCUT2D eigenvalue weighted by Crippen LogP contribution is 2.12. The van der Waals surface area contributed by atoms with Gasteiger partial charge in [0, 0.05) is 18.2 Å². The van der Waals surface area contributed by atoms with Crippen molar-refractivity contribution >= 4 is 23.6 Å². The molecule has 21 heavy (non-hydrogen) atoms. The largest absolute Gasteiger partial charge is 0.481 e. The lowest BCUT2D eigenvalue weighted by atomic mass is 9.98. The summed E-state index contributed by atoms with van der Waals surface area (Å²) in [6.45, 7) is 4.12. The number of hydrogen-bond donors (Lipinski definition) is 2. The fraction of sp³-hybridized carbons (Fsp3) is 0.500. The number of carbonyl (C=O) groups is 2. The molecule has 0 saturated heterocycles. The van der Waals surface area contributed by atoms with E-state index in [0.29, 0.717) is 12.8 Å². The molecule has 0 aromatic heterocycles. The number of amides is 1. The smallest absolute Gasteiger partial charge is 0.308 e. The van der Waals surface area contributed by atoms with Crippen molar-refractivity contribution in [1.82, 2.24) is 5.32 Å². The summed E-state index contributed by atoms with van der Waals surface area (Å²) < 4.78 is 0. The van der Waals surface area contributed by atoms with E-state index in [1.165, 1.54) is 0 Å². The van der Waals surface area contributed by atoms with E-state index in [4.69, 9.17) is 0 Å². The molecular weight excluding hydrogens is 286 g/mol. The lowest BCUT2D eigenvalue weighted by Gasteiger charge is -2.15. The highest BCUT2D eigenvalue weighted by Gasteiger charge is 2.19. The van der Waals surface area contributed by atoms with E-state index in [9.17, 15) is 14.7 Å². The van der Waals surface area contributed by atoms with Crippen LogP contribution < -0.4 is 5.32 Å².